The van der Waals surface area contributed by atoms with Crippen molar-refractivity contribution < 1.29 is 33.3 Å². The highest BCUT2D eigenvalue weighted by Crippen LogP contribution is 2.40. The molecule has 0 spiro atoms. The van der Waals surface area contributed by atoms with E-state index in [0.29, 0.717) is 69.6 Å². The Morgan fingerprint density at radius 2 is 1.58 bits per heavy atom. The Balaban J connectivity index is 1.04. The fraction of sp³-hybridized carbons (Fsp3) is 0.458. The summed E-state index contributed by atoms with van der Waals surface area (Å²) < 4.78 is 24.3. The molecule has 0 radical (unpaired) electrons. The number of nitrogens with zero attached hydrogens (tertiary/aromatic N) is 8. The number of methoxy groups -OCH3 is 1. The van der Waals surface area contributed by atoms with Crippen LogP contribution in [0.1, 0.15) is 65.3 Å². The maximum atomic E-state index is 13.6. The molecule has 69 heavy (non-hydrogen) atoms. The Kier molecular flexibility index (Phi) is 15.4. The molecule has 6 heterocycles. The van der Waals surface area contributed by atoms with Gasteiger partial charge in [-0.1, -0.05) is 34.6 Å². The zero-order valence-corrected chi connectivity index (χ0v) is 40.6. The molecule has 0 aromatic carbocycles. The number of aryl methyl sites for hydroxylation is 3. The van der Waals surface area contributed by atoms with Gasteiger partial charge < -0.3 is 45.1 Å². The predicted octanol–water partition coefficient (Wildman–Crippen LogP) is 6.68. The first-order valence-corrected chi connectivity index (χ1v) is 22.8. The first kappa shape index (κ1) is 49.6. The third-order valence-electron chi connectivity index (χ3n) is 11.5. The van der Waals surface area contributed by atoms with Crippen LogP contribution in [0.3, 0.4) is 0 Å². The molecule has 5 aromatic heterocycles. The van der Waals surface area contributed by atoms with Crippen LogP contribution in [0.25, 0.3) is 33.9 Å². The molecule has 0 bridgehead atoms. The van der Waals surface area contributed by atoms with Gasteiger partial charge in [0.25, 0.3) is 5.56 Å². The molecule has 2 fully saturated rings. The highest BCUT2D eigenvalue weighted by Gasteiger charge is 2.37. The Morgan fingerprint density at radius 1 is 0.884 bits per heavy atom. The number of pyridine rings is 3. The van der Waals surface area contributed by atoms with E-state index in [1.807, 2.05) is 18.7 Å². The van der Waals surface area contributed by atoms with Crippen molar-refractivity contribution in [3.8, 4) is 39.8 Å². The van der Waals surface area contributed by atoms with Crippen molar-refractivity contribution in [1.29, 1.82) is 0 Å². The predicted molar refractivity (Wildman–Crippen MR) is 260 cm³/mol. The maximum Gasteiger partial charge on any atom is 0.412 e. The number of morpholine rings is 1. The second-order valence-corrected chi connectivity index (χ2v) is 19.0. The summed E-state index contributed by atoms with van der Waals surface area (Å²) in [5.41, 5.74) is 5.42. The Labute approximate surface area is 400 Å². The average molecular weight is 948 g/mol. The van der Waals surface area contributed by atoms with Gasteiger partial charge in [-0.05, 0) is 74.3 Å². The van der Waals surface area contributed by atoms with Crippen molar-refractivity contribution in [1.82, 2.24) is 45.3 Å². The molecule has 2 aliphatic rings. The largest absolute Gasteiger partial charge is 0.475 e. The van der Waals surface area contributed by atoms with Gasteiger partial charge in [0.2, 0.25) is 5.88 Å². The van der Waals surface area contributed by atoms with Crippen LogP contribution in [0.4, 0.5) is 37.3 Å². The monoisotopic (exact) mass is 947 g/mol. The highest BCUT2D eigenvalue weighted by atomic mass is 16.7. The van der Waals surface area contributed by atoms with E-state index in [0.717, 1.165) is 19.3 Å². The smallest absolute Gasteiger partial charge is 0.412 e. The van der Waals surface area contributed by atoms with Crippen molar-refractivity contribution in [2.24, 2.45) is 17.9 Å². The van der Waals surface area contributed by atoms with E-state index in [-0.39, 0.29) is 78.4 Å². The van der Waals surface area contributed by atoms with E-state index >= 15 is 0 Å². The van der Waals surface area contributed by atoms with E-state index in [9.17, 15) is 19.2 Å². The topological polar surface area (TPSA) is 251 Å². The molecular weight excluding hydrogens is 887 g/mol. The summed E-state index contributed by atoms with van der Waals surface area (Å²) in [7, 11) is 2.84. The van der Waals surface area contributed by atoms with Crippen molar-refractivity contribution >= 4 is 41.0 Å². The summed E-state index contributed by atoms with van der Waals surface area (Å²) in [4.78, 5) is 75.8. The number of carbonyl (C=O) groups is 3. The van der Waals surface area contributed by atoms with Gasteiger partial charge in [0, 0.05) is 66.5 Å². The Hall–Kier alpha value is -7.26. The van der Waals surface area contributed by atoms with Gasteiger partial charge in [-0.2, -0.15) is 10.1 Å². The molecule has 7 rings (SSSR count). The molecular formula is C48H61N13O8. The van der Waals surface area contributed by atoms with Gasteiger partial charge in [0.1, 0.15) is 18.1 Å². The Bertz CT molecular complexity index is 2730. The van der Waals surface area contributed by atoms with Gasteiger partial charge in [-0.3, -0.25) is 20.1 Å². The second-order valence-electron chi connectivity index (χ2n) is 19.0. The SMILES string of the molecule is COC(=O)Nc1cc(-c2nc(OCCOC3CN(c4cc(-c5cc(NC(=O)NCCC(C)(C)C)cnc5C)nn(C)c4=O)CCO3)cc(-c3cc(NC(=O)NC4CC(C)(C)C4)cnc3C)n2)ccn1. The van der Waals surface area contributed by atoms with E-state index in [4.69, 9.17) is 28.9 Å². The van der Waals surface area contributed by atoms with Crippen molar-refractivity contribution in [3.63, 3.8) is 0 Å². The quantitative estimate of drug-likeness (QED) is 0.0687. The van der Waals surface area contributed by atoms with Crippen molar-refractivity contribution in [2.75, 3.05) is 67.4 Å². The lowest BCUT2D eigenvalue weighted by molar-refractivity contribution is -0.150. The summed E-state index contributed by atoms with van der Waals surface area (Å²) >= 11 is 0. The lowest BCUT2D eigenvalue weighted by Gasteiger charge is -2.42. The van der Waals surface area contributed by atoms with Crippen LogP contribution in [0.2, 0.25) is 0 Å². The normalized spacial score (nSPS) is 15.7. The van der Waals surface area contributed by atoms with Crippen LogP contribution in [0.5, 0.6) is 5.88 Å². The summed E-state index contributed by atoms with van der Waals surface area (Å²) in [6.45, 7) is 16.0. The third-order valence-corrected chi connectivity index (χ3v) is 11.5. The van der Waals surface area contributed by atoms with E-state index in [1.165, 1.54) is 18.0 Å². The molecule has 5 N–H and O–H groups in total. The van der Waals surface area contributed by atoms with Crippen LogP contribution in [0, 0.1) is 24.7 Å². The standard InChI is InChI=1S/C48H61N13O8/c1-28-34(19-32(26-51-28)54-45(64)55-33-23-48(6,7)24-33)36-22-40(58-42(56-36)30-10-12-49-39(18-30)57-46(65)66-9)67-16-17-69-41-27-61(14-15-68-41)38-21-37(59-60(8)43(38)62)35-20-31(25-52-29(35)2)53-44(63)50-13-11-47(3,4)5/h10,12,18-22,25-26,33,41H,11,13-17,23-24,27H2,1-9H3,(H,49,57,65)(H2,50,53,63)(H2,54,55,64). The fourth-order valence-electron chi connectivity index (χ4n) is 7.95. The third kappa shape index (κ3) is 13.5. The molecule has 1 saturated heterocycles. The number of hydrogen-bond donors (Lipinski definition) is 5. The fourth-order valence-corrected chi connectivity index (χ4v) is 7.95. The number of urea groups is 2. The van der Waals surface area contributed by atoms with Crippen LogP contribution < -0.4 is 41.8 Å². The molecule has 1 aliphatic carbocycles. The minimum atomic E-state index is -0.706. The van der Waals surface area contributed by atoms with E-state index < -0.39 is 12.4 Å². The lowest BCUT2D eigenvalue weighted by Crippen LogP contribution is -2.49. The zero-order chi connectivity index (χ0) is 49.5. The van der Waals surface area contributed by atoms with Crippen molar-refractivity contribution in [2.45, 2.75) is 80.1 Å². The minimum absolute atomic E-state index is 0.0602. The van der Waals surface area contributed by atoms with Crippen molar-refractivity contribution in [3.05, 3.63) is 76.7 Å². The molecule has 5 aromatic rings. The number of anilines is 4. The van der Waals surface area contributed by atoms with Crippen LogP contribution in [-0.4, -0.2) is 112 Å². The molecule has 21 nitrogen and oxygen atoms in total. The minimum Gasteiger partial charge on any atom is -0.475 e. The number of carbonyl (C=O) groups excluding carboxylic acids is 3. The molecule has 1 aliphatic heterocycles. The summed E-state index contributed by atoms with van der Waals surface area (Å²) in [6.07, 6.45) is 5.90. The zero-order valence-electron chi connectivity index (χ0n) is 40.6. The number of nitrogens with one attached hydrogen (secondary N) is 5. The number of rotatable bonds is 15. The van der Waals surface area contributed by atoms with Gasteiger partial charge in [-0.15, -0.1) is 0 Å². The van der Waals surface area contributed by atoms with Crippen LogP contribution in [0.15, 0.2) is 59.8 Å². The second kappa shape index (κ2) is 21.4. The lowest BCUT2D eigenvalue weighted by atomic mass is 9.68. The van der Waals surface area contributed by atoms with Gasteiger partial charge >= 0.3 is 18.2 Å². The molecule has 1 atom stereocenters. The number of ether oxygens (including phenoxy) is 4. The van der Waals surface area contributed by atoms with Gasteiger partial charge in [-0.25, -0.2) is 29.0 Å². The average Bonchev–Trinajstić information content (AvgIpc) is 3.29. The van der Waals surface area contributed by atoms with E-state index in [1.54, 1.807) is 55.8 Å². The van der Waals surface area contributed by atoms with Crippen LogP contribution >= 0.6 is 0 Å². The summed E-state index contributed by atoms with van der Waals surface area (Å²) in [5, 5.41) is 18.8. The number of hydrogen-bond acceptors (Lipinski definition) is 15. The number of aromatic nitrogens is 7. The molecule has 1 unspecified atom stereocenters. The summed E-state index contributed by atoms with van der Waals surface area (Å²) in [6, 6.07) is 9.71. The first-order valence-electron chi connectivity index (χ1n) is 22.8. The summed E-state index contributed by atoms with van der Waals surface area (Å²) in [5.74, 6) is 0.695. The van der Waals surface area contributed by atoms with Crippen LogP contribution in [-0.2, 0) is 21.3 Å². The molecule has 21 heteroatoms. The van der Waals surface area contributed by atoms with E-state index in [2.05, 4.69) is 81.3 Å². The first-order chi connectivity index (χ1) is 32.8. The molecule has 5 amide bonds. The molecule has 366 valence electrons. The Morgan fingerprint density at radius 3 is 2.26 bits per heavy atom. The maximum absolute atomic E-state index is 13.6. The highest BCUT2D eigenvalue weighted by molar-refractivity contribution is 5.91. The van der Waals surface area contributed by atoms with Gasteiger partial charge in [0.15, 0.2) is 12.1 Å². The number of amides is 5. The van der Waals surface area contributed by atoms with Gasteiger partial charge in [0.05, 0.1) is 62.0 Å². The molecule has 1 saturated carbocycles.